The summed E-state index contributed by atoms with van der Waals surface area (Å²) < 4.78 is 5.63. The zero-order valence-electron chi connectivity index (χ0n) is 17.0. The zero-order valence-corrected chi connectivity index (χ0v) is 21.0. The molecule has 0 bridgehead atoms. The normalized spacial score (nSPS) is 30.2. The van der Waals surface area contributed by atoms with Crippen molar-refractivity contribution in [2.24, 2.45) is 11.8 Å². The molecular formula is C23H34Cl2Zr. The third-order valence-electron chi connectivity index (χ3n) is 7.26. The van der Waals surface area contributed by atoms with Gasteiger partial charge < -0.3 is 24.8 Å². The van der Waals surface area contributed by atoms with Gasteiger partial charge in [0.25, 0.3) is 0 Å². The molecule has 4 rings (SSSR count). The topological polar surface area (TPSA) is 0 Å². The molecule has 0 amide bonds. The van der Waals surface area contributed by atoms with E-state index in [0.717, 1.165) is 7.25 Å². The Morgan fingerprint density at radius 1 is 1.00 bits per heavy atom. The van der Waals surface area contributed by atoms with Gasteiger partial charge in [0.15, 0.2) is 0 Å². The summed E-state index contributed by atoms with van der Waals surface area (Å²) in [6.45, 7) is 12.3. The van der Waals surface area contributed by atoms with Gasteiger partial charge >= 0.3 is 154 Å². The van der Waals surface area contributed by atoms with E-state index in [1.165, 1.54) is 32.1 Å². The second-order valence-electron chi connectivity index (χ2n) is 9.31. The van der Waals surface area contributed by atoms with Crippen molar-refractivity contribution in [1.82, 2.24) is 0 Å². The number of hydrogen-bond acceptors (Lipinski definition) is 0. The first-order valence-corrected chi connectivity index (χ1v) is 16.1. The Kier molecular flexibility index (Phi) is 7.36. The molecule has 0 aromatic rings. The summed E-state index contributed by atoms with van der Waals surface area (Å²) in [4.78, 5) is 0. The fourth-order valence-electron chi connectivity index (χ4n) is 6.07. The van der Waals surface area contributed by atoms with Gasteiger partial charge in [0.05, 0.1) is 0 Å². The number of halogens is 2. The molecule has 0 spiro atoms. The summed E-state index contributed by atoms with van der Waals surface area (Å²) >= 11 is -2.24. The molecule has 26 heavy (non-hydrogen) atoms. The summed E-state index contributed by atoms with van der Waals surface area (Å²) in [7, 11) is 0. The number of rotatable bonds is 4. The molecule has 0 aromatic carbocycles. The van der Waals surface area contributed by atoms with Gasteiger partial charge in [0.1, 0.15) is 0 Å². The summed E-state index contributed by atoms with van der Waals surface area (Å²) in [6.07, 6.45) is 14.8. The van der Waals surface area contributed by atoms with Crippen LogP contribution in [0, 0.1) is 11.8 Å². The SMILES string of the molecule is CC(C)C1=CC[C]([Zr+2]2([CH]3C=CC4=C3CCCC4)[CH2][CH]2C)=C1C(C)C.[Cl-].[Cl-]. The zero-order chi connectivity index (χ0) is 17.1. The molecule has 1 aliphatic heterocycles. The Morgan fingerprint density at radius 2 is 1.65 bits per heavy atom. The van der Waals surface area contributed by atoms with Gasteiger partial charge in [0, 0.05) is 0 Å². The summed E-state index contributed by atoms with van der Waals surface area (Å²) in [5.74, 6) is 1.41. The van der Waals surface area contributed by atoms with Gasteiger partial charge in [-0.25, -0.2) is 0 Å². The molecule has 1 saturated heterocycles. The van der Waals surface area contributed by atoms with E-state index in [1.54, 1.807) is 15.3 Å². The molecule has 4 aliphatic rings. The molecule has 3 unspecified atom stereocenters. The summed E-state index contributed by atoms with van der Waals surface area (Å²) in [5, 5.41) is 0. The van der Waals surface area contributed by atoms with Crippen molar-refractivity contribution in [3.8, 4) is 0 Å². The molecule has 1 heterocycles. The largest absolute Gasteiger partial charge is 1.00 e. The third-order valence-corrected chi connectivity index (χ3v) is 21.9. The van der Waals surface area contributed by atoms with E-state index in [2.05, 4.69) is 52.8 Å². The Labute approximate surface area is 177 Å². The minimum absolute atomic E-state index is 0. The van der Waals surface area contributed by atoms with Gasteiger partial charge in [-0.1, -0.05) is 0 Å². The molecule has 144 valence electrons. The van der Waals surface area contributed by atoms with Crippen LogP contribution < -0.4 is 24.8 Å². The van der Waals surface area contributed by atoms with Crippen LogP contribution >= 0.6 is 0 Å². The van der Waals surface area contributed by atoms with Crippen molar-refractivity contribution in [3.63, 3.8) is 0 Å². The van der Waals surface area contributed by atoms with Crippen LogP contribution in [0.5, 0.6) is 0 Å². The molecule has 3 atom stereocenters. The standard InChI is InChI=1S/C11H17.C9H11.C3H6.2ClH.Zr/c1-8(2)10-6-5-7-11(10)9(3)4;1-2-5-9-7-3-6-8(9)4-1;1-3-2;;;/h6,8-9H,5H2,1-4H3;3,6-7H,1-2,4-5H2;3H,1H2,2H3;2*1H;/q;;;;;+2/p-2. The smallest absolute Gasteiger partial charge is 1.00 e. The van der Waals surface area contributed by atoms with Crippen molar-refractivity contribution < 1.29 is 45.1 Å². The van der Waals surface area contributed by atoms with Gasteiger partial charge in [0.2, 0.25) is 0 Å². The number of allylic oxidation sites excluding steroid dienone is 8. The molecular weight excluding hydrogens is 438 g/mol. The van der Waals surface area contributed by atoms with Crippen LogP contribution in [0.1, 0.15) is 66.7 Å². The van der Waals surface area contributed by atoms with E-state index in [0.29, 0.717) is 11.8 Å². The van der Waals surface area contributed by atoms with Crippen LogP contribution in [0.4, 0.5) is 0 Å². The van der Waals surface area contributed by atoms with Crippen LogP contribution in [-0.4, -0.2) is 0 Å². The first kappa shape index (κ1) is 22.7. The molecule has 0 nitrogen and oxygen atoms in total. The average molecular weight is 473 g/mol. The van der Waals surface area contributed by atoms with Gasteiger partial charge in [-0.3, -0.25) is 0 Å². The summed E-state index contributed by atoms with van der Waals surface area (Å²) in [5.41, 5.74) is 7.19. The fraction of sp³-hybridized carbons (Fsp3) is 0.652. The molecule has 0 saturated carbocycles. The predicted molar refractivity (Wildman–Crippen MR) is 102 cm³/mol. The molecule has 0 N–H and O–H groups in total. The van der Waals surface area contributed by atoms with E-state index in [-0.39, 0.29) is 24.8 Å². The van der Waals surface area contributed by atoms with Crippen molar-refractivity contribution in [1.29, 1.82) is 0 Å². The maximum atomic E-state index is 2.69. The van der Waals surface area contributed by atoms with E-state index in [9.17, 15) is 0 Å². The van der Waals surface area contributed by atoms with Gasteiger partial charge in [-0.05, 0) is 0 Å². The van der Waals surface area contributed by atoms with Gasteiger partial charge in [-0.15, -0.1) is 0 Å². The minimum atomic E-state index is -2.24. The van der Waals surface area contributed by atoms with Crippen LogP contribution in [0.3, 0.4) is 0 Å². The Morgan fingerprint density at radius 3 is 2.23 bits per heavy atom. The first-order chi connectivity index (χ1) is 11.5. The number of hydrogen-bond donors (Lipinski definition) is 0. The van der Waals surface area contributed by atoms with E-state index in [1.807, 2.05) is 14.4 Å². The molecule has 3 aliphatic carbocycles. The van der Waals surface area contributed by atoms with E-state index >= 15 is 0 Å². The second-order valence-corrected chi connectivity index (χ2v) is 20.9. The van der Waals surface area contributed by atoms with E-state index < -0.39 is 20.3 Å². The molecule has 0 aromatic heterocycles. The Bertz CT molecular complexity index is 680. The minimum Gasteiger partial charge on any atom is -1.00 e. The quantitative estimate of drug-likeness (QED) is 0.582. The molecule has 1 fully saturated rings. The van der Waals surface area contributed by atoms with Crippen LogP contribution in [0.25, 0.3) is 0 Å². The van der Waals surface area contributed by atoms with E-state index in [4.69, 9.17) is 0 Å². The predicted octanol–water partition coefficient (Wildman–Crippen LogP) is 1.51. The molecule has 3 heteroatoms. The Balaban J connectivity index is 0.00000121. The van der Waals surface area contributed by atoms with Crippen LogP contribution in [-0.2, 0) is 20.3 Å². The maximum Gasteiger partial charge on any atom is -1.00 e. The van der Waals surface area contributed by atoms with Crippen molar-refractivity contribution in [3.05, 3.63) is 43.8 Å². The summed E-state index contributed by atoms with van der Waals surface area (Å²) in [6, 6.07) is 0. The fourth-order valence-corrected chi connectivity index (χ4v) is 23.5. The monoisotopic (exact) mass is 470 g/mol. The van der Waals surface area contributed by atoms with Crippen molar-refractivity contribution in [2.75, 3.05) is 0 Å². The average Bonchev–Trinajstić information content (AvgIpc) is 2.96. The maximum absolute atomic E-state index is 2.69. The van der Waals surface area contributed by atoms with Crippen LogP contribution in [0.2, 0.25) is 11.4 Å². The van der Waals surface area contributed by atoms with Crippen molar-refractivity contribution >= 4 is 0 Å². The Hall–Kier alpha value is 0.423. The van der Waals surface area contributed by atoms with Crippen LogP contribution in [0.15, 0.2) is 43.8 Å². The molecule has 0 radical (unpaired) electrons. The third kappa shape index (κ3) is 3.44. The van der Waals surface area contributed by atoms with Gasteiger partial charge in [-0.2, -0.15) is 0 Å². The van der Waals surface area contributed by atoms with Crippen molar-refractivity contribution in [2.45, 2.75) is 78.1 Å². The second kappa shape index (κ2) is 8.43. The first-order valence-electron chi connectivity index (χ1n) is 10.3.